The average Bonchev–Trinajstić information content (AvgIpc) is 2.59. The molecule has 0 radical (unpaired) electrons. The number of hydrogen-bond donors (Lipinski definition) is 1. The second kappa shape index (κ2) is 2.39. The van der Waals surface area contributed by atoms with Crippen LogP contribution in [-0.2, 0) is 0 Å². The molecule has 1 heteroatoms. The summed E-state index contributed by atoms with van der Waals surface area (Å²) in [5.41, 5.74) is 0. The smallest absolute Gasteiger partial charge is 0.0721 e. The summed E-state index contributed by atoms with van der Waals surface area (Å²) in [6.07, 6.45) is 8.93. The van der Waals surface area contributed by atoms with Crippen molar-refractivity contribution in [2.24, 2.45) is 11.8 Å². The van der Waals surface area contributed by atoms with Crippen molar-refractivity contribution in [3.05, 3.63) is 12.2 Å². The molecule has 3 atom stereocenters. The SMILES string of the molecule is O[C@@H]1C=C[C@H]2C[C@@H]2CCC1. The Balaban J connectivity index is 1.98. The monoisotopic (exact) mass is 138 g/mol. The summed E-state index contributed by atoms with van der Waals surface area (Å²) in [5.74, 6) is 1.80. The minimum Gasteiger partial charge on any atom is -0.389 e. The Labute approximate surface area is 61.8 Å². The Morgan fingerprint density at radius 1 is 1.20 bits per heavy atom. The number of rotatable bonds is 0. The van der Waals surface area contributed by atoms with Crippen LogP contribution in [0.3, 0.4) is 0 Å². The lowest BCUT2D eigenvalue weighted by Gasteiger charge is -2.07. The van der Waals surface area contributed by atoms with Crippen molar-refractivity contribution in [1.29, 1.82) is 0 Å². The van der Waals surface area contributed by atoms with Crippen LogP contribution in [0.15, 0.2) is 12.2 Å². The molecule has 0 amide bonds. The molecule has 0 saturated heterocycles. The van der Waals surface area contributed by atoms with Gasteiger partial charge in [-0.1, -0.05) is 18.6 Å². The van der Waals surface area contributed by atoms with Crippen LogP contribution in [0.1, 0.15) is 25.7 Å². The maximum absolute atomic E-state index is 9.26. The fourth-order valence-corrected chi connectivity index (χ4v) is 1.80. The van der Waals surface area contributed by atoms with Crippen LogP contribution in [0, 0.1) is 11.8 Å². The standard InChI is InChI=1S/C9H14O/c10-9-3-1-2-7-6-8(7)4-5-9/h4-5,7-10H,1-3,6H2/t7-,8-,9-/m0/s1. The van der Waals surface area contributed by atoms with E-state index in [1.807, 2.05) is 6.08 Å². The molecule has 2 aliphatic rings. The molecule has 0 unspecified atom stereocenters. The largest absolute Gasteiger partial charge is 0.389 e. The third-order valence-electron chi connectivity index (χ3n) is 2.63. The molecular weight excluding hydrogens is 124 g/mol. The van der Waals surface area contributed by atoms with Crippen LogP contribution in [0.25, 0.3) is 0 Å². The quantitative estimate of drug-likeness (QED) is 0.505. The second-order valence-corrected chi connectivity index (χ2v) is 3.54. The number of hydrogen-bond acceptors (Lipinski definition) is 1. The van der Waals surface area contributed by atoms with E-state index in [0.29, 0.717) is 0 Å². The molecule has 0 bridgehead atoms. The third-order valence-corrected chi connectivity index (χ3v) is 2.63. The molecule has 2 aliphatic carbocycles. The summed E-state index contributed by atoms with van der Waals surface area (Å²) in [6, 6.07) is 0. The first-order valence-corrected chi connectivity index (χ1v) is 4.22. The minimum atomic E-state index is -0.151. The summed E-state index contributed by atoms with van der Waals surface area (Å²) < 4.78 is 0. The Kier molecular flexibility index (Phi) is 1.53. The molecule has 2 rings (SSSR count). The van der Waals surface area contributed by atoms with Crippen molar-refractivity contribution in [1.82, 2.24) is 0 Å². The fourth-order valence-electron chi connectivity index (χ4n) is 1.80. The lowest BCUT2D eigenvalue weighted by atomic mass is 10.0. The predicted molar refractivity (Wildman–Crippen MR) is 40.6 cm³/mol. The molecule has 0 aromatic rings. The van der Waals surface area contributed by atoms with Gasteiger partial charge in [0.1, 0.15) is 0 Å². The van der Waals surface area contributed by atoms with Gasteiger partial charge in [-0.05, 0) is 31.1 Å². The van der Waals surface area contributed by atoms with E-state index >= 15 is 0 Å². The molecule has 0 spiro atoms. The molecule has 1 fully saturated rings. The highest BCUT2D eigenvalue weighted by molar-refractivity contribution is 5.05. The van der Waals surface area contributed by atoms with E-state index in [0.717, 1.165) is 18.3 Å². The number of aliphatic hydroxyl groups excluding tert-OH is 1. The van der Waals surface area contributed by atoms with E-state index in [9.17, 15) is 5.11 Å². The molecule has 1 N–H and O–H groups in total. The van der Waals surface area contributed by atoms with Gasteiger partial charge in [-0.2, -0.15) is 0 Å². The van der Waals surface area contributed by atoms with Gasteiger partial charge >= 0.3 is 0 Å². The van der Waals surface area contributed by atoms with Crippen LogP contribution in [0.5, 0.6) is 0 Å². The Hall–Kier alpha value is -0.300. The van der Waals surface area contributed by atoms with Gasteiger partial charge in [-0.3, -0.25) is 0 Å². The number of allylic oxidation sites excluding steroid dienone is 1. The zero-order valence-electron chi connectivity index (χ0n) is 6.16. The highest BCUT2D eigenvalue weighted by Gasteiger charge is 2.34. The summed E-state index contributed by atoms with van der Waals surface area (Å²) in [4.78, 5) is 0. The molecule has 0 aromatic heterocycles. The number of aliphatic hydroxyl groups is 1. The predicted octanol–water partition coefficient (Wildman–Crippen LogP) is 1.72. The topological polar surface area (TPSA) is 20.2 Å². The fraction of sp³-hybridized carbons (Fsp3) is 0.778. The van der Waals surface area contributed by atoms with Crippen LogP contribution in [0.4, 0.5) is 0 Å². The molecule has 0 aromatic carbocycles. The van der Waals surface area contributed by atoms with E-state index in [-0.39, 0.29) is 6.10 Å². The van der Waals surface area contributed by atoms with Crippen molar-refractivity contribution >= 4 is 0 Å². The van der Waals surface area contributed by atoms with E-state index in [2.05, 4.69) is 6.08 Å². The first-order chi connectivity index (χ1) is 4.86. The zero-order chi connectivity index (χ0) is 6.97. The van der Waals surface area contributed by atoms with E-state index < -0.39 is 0 Å². The summed E-state index contributed by atoms with van der Waals surface area (Å²) in [6.45, 7) is 0. The highest BCUT2D eigenvalue weighted by atomic mass is 16.3. The van der Waals surface area contributed by atoms with Gasteiger partial charge in [0.05, 0.1) is 6.10 Å². The van der Waals surface area contributed by atoms with Crippen LogP contribution in [0.2, 0.25) is 0 Å². The van der Waals surface area contributed by atoms with Crippen molar-refractivity contribution < 1.29 is 5.11 Å². The van der Waals surface area contributed by atoms with Gasteiger partial charge in [-0.15, -0.1) is 0 Å². The van der Waals surface area contributed by atoms with E-state index in [1.54, 1.807) is 0 Å². The van der Waals surface area contributed by atoms with Crippen molar-refractivity contribution in [3.8, 4) is 0 Å². The molecule has 0 aliphatic heterocycles. The van der Waals surface area contributed by atoms with Gasteiger partial charge in [-0.25, -0.2) is 0 Å². The van der Waals surface area contributed by atoms with Crippen LogP contribution >= 0.6 is 0 Å². The lowest BCUT2D eigenvalue weighted by molar-refractivity contribution is 0.205. The average molecular weight is 138 g/mol. The Morgan fingerprint density at radius 3 is 3.00 bits per heavy atom. The summed E-state index contributed by atoms with van der Waals surface area (Å²) >= 11 is 0. The molecule has 56 valence electrons. The summed E-state index contributed by atoms with van der Waals surface area (Å²) in [7, 11) is 0. The lowest BCUT2D eigenvalue weighted by Crippen LogP contribution is -2.03. The molecule has 0 heterocycles. The van der Waals surface area contributed by atoms with Crippen LogP contribution < -0.4 is 0 Å². The van der Waals surface area contributed by atoms with Crippen molar-refractivity contribution in [2.45, 2.75) is 31.8 Å². The normalized spacial score (nSPS) is 45.5. The zero-order valence-corrected chi connectivity index (χ0v) is 6.16. The molecule has 1 nitrogen and oxygen atoms in total. The van der Waals surface area contributed by atoms with Gasteiger partial charge in [0, 0.05) is 0 Å². The first kappa shape index (κ1) is 6.41. The maximum atomic E-state index is 9.26. The molecular formula is C9H14O. The van der Waals surface area contributed by atoms with E-state index in [4.69, 9.17) is 0 Å². The number of fused-ring (bicyclic) bond motifs is 1. The molecule has 1 saturated carbocycles. The first-order valence-electron chi connectivity index (χ1n) is 4.22. The van der Waals surface area contributed by atoms with E-state index in [1.165, 1.54) is 19.3 Å². The third kappa shape index (κ3) is 1.24. The highest BCUT2D eigenvalue weighted by Crippen LogP contribution is 2.44. The van der Waals surface area contributed by atoms with Gasteiger partial charge in [0.15, 0.2) is 0 Å². The van der Waals surface area contributed by atoms with Gasteiger partial charge < -0.3 is 5.11 Å². The van der Waals surface area contributed by atoms with Crippen molar-refractivity contribution in [3.63, 3.8) is 0 Å². The van der Waals surface area contributed by atoms with Gasteiger partial charge in [0.2, 0.25) is 0 Å². The minimum absolute atomic E-state index is 0.151. The van der Waals surface area contributed by atoms with Crippen molar-refractivity contribution in [2.75, 3.05) is 0 Å². The second-order valence-electron chi connectivity index (χ2n) is 3.54. The summed E-state index contributed by atoms with van der Waals surface area (Å²) in [5, 5.41) is 9.26. The molecule has 10 heavy (non-hydrogen) atoms. The Bertz CT molecular complexity index is 147. The van der Waals surface area contributed by atoms with Crippen LogP contribution in [-0.4, -0.2) is 11.2 Å². The Morgan fingerprint density at radius 2 is 2.10 bits per heavy atom. The maximum Gasteiger partial charge on any atom is 0.0721 e. The van der Waals surface area contributed by atoms with Gasteiger partial charge in [0.25, 0.3) is 0 Å².